The molecule has 27 heavy (non-hydrogen) atoms. The molecular formula is C22H19N3O2. The van der Waals surface area contributed by atoms with E-state index in [0.29, 0.717) is 24.3 Å². The third-order valence-corrected chi connectivity index (χ3v) is 4.48. The van der Waals surface area contributed by atoms with Crippen molar-refractivity contribution in [2.75, 3.05) is 13.1 Å². The second-order valence-corrected chi connectivity index (χ2v) is 6.34. The van der Waals surface area contributed by atoms with Gasteiger partial charge in [0.05, 0.1) is 0 Å². The molecule has 0 aliphatic carbocycles. The molecule has 0 unspecified atom stereocenters. The molecular weight excluding hydrogens is 338 g/mol. The summed E-state index contributed by atoms with van der Waals surface area (Å²) in [6.45, 7) is 0.713. The average molecular weight is 357 g/mol. The van der Waals surface area contributed by atoms with E-state index in [9.17, 15) is 9.59 Å². The SMILES string of the molecule is O=C(NCCNC(=O)c1cc2ccccc2[nH]1)c1ccc2ccccc2c1. The number of fused-ring (bicyclic) bond motifs is 2. The Labute approximate surface area is 156 Å². The summed E-state index contributed by atoms with van der Waals surface area (Å²) in [6.07, 6.45) is 0. The maximum absolute atomic E-state index is 12.3. The van der Waals surface area contributed by atoms with Crippen LogP contribution in [-0.2, 0) is 0 Å². The lowest BCUT2D eigenvalue weighted by molar-refractivity contribution is 0.0925. The molecule has 0 saturated heterocycles. The van der Waals surface area contributed by atoms with Crippen molar-refractivity contribution >= 4 is 33.5 Å². The lowest BCUT2D eigenvalue weighted by Gasteiger charge is -2.07. The number of hydrogen-bond acceptors (Lipinski definition) is 2. The number of amides is 2. The molecule has 0 saturated carbocycles. The van der Waals surface area contributed by atoms with Crippen molar-refractivity contribution in [1.82, 2.24) is 15.6 Å². The number of rotatable bonds is 5. The molecule has 0 bridgehead atoms. The molecule has 1 aromatic heterocycles. The van der Waals surface area contributed by atoms with Crippen LogP contribution in [0.1, 0.15) is 20.8 Å². The van der Waals surface area contributed by atoms with Gasteiger partial charge in [0, 0.05) is 29.6 Å². The third kappa shape index (κ3) is 3.67. The number of hydrogen-bond donors (Lipinski definition) is 3. The van der Waals surface area contributed by atoms with Crippen LogP contribution in [0.3, 0.4) is 0 Å². The monoisotopic (exact) mass is 357 g/mol. The van der Waals surface area contributed by atoms with Gasteiger partial charge in [0.15, 0.2) is 0 Å². The van der Waals surface area contributed by atoms with Gasteiger partial charge in [-0.15, -0.1) is 0 Å². The van der Waals surface area contributed by atoms with Gasteiger partial charge in [-0.25, -0.2) is 0 Å². The number of carbonyl (C=O) groups is 2. The van der Waals surface area contributed by atoms with Crippen LogP contribution in [0.5, 0.6) is 0 Å². The fourth-order valence-electron chi connectivity index (χ4n) is 3.08. The molecule has 0 radical (unpaired) electrons. The van der Waals surface area contributed by atoms with Crippen LogP contribution in [0.25, 0.3) is 21.7 Å². The van der Waals surface area contributed by atoms with E-state index in [1.165, 1.54) is 0 Å². The molecule has 4 aromatic rings. The predicted octanol–water partition coefficient (Wildman–Crippen LogP) is 3.48. The molecule has 0 atom stereocenters. The molecule has 5 heteroatoms. The summed E-state index contributed by atoms with van der Waals surface area (Å²) in [5, 5.41) is 8.76. The first-order valence-corrected chi connectivity index (χ1v) is 8.84. The Bertz CT molecular complexity index is 1100. The molecule has 0 aliphatic heterocycles. The van der Waals surface area contributed by atoms with Crippen LogP contribution in [0.2, 0.25) is 0 Å². The smallest absolute Gasteiger partial charge is 0.267 e. The molecule has 0 aliphatic rings. The van der Waals surface area contributed by atoms with Crippen LogP contribution < -0.4 is 10.6 Å². The highest BCUT2D eigenvalue weighted by molar-refractivity contribution is 5.99. The summed E-state index contributed by atoms with van der Waals surface area (Å²) in [7, 11) is 0. The zero-order chi connectivity index (χ0) is 18.6. The number of para-hydroxylation sites is 1. The van der Waals surface area contributed by atoms with Crippen LogP contribution in [0.15, 0.2) is 72.8 Å². The van der Waals surface area contributed by atoms with Crippen molar-refractivity contribution in [3.05, 3.63) is 84.1 Å². The van der Waals surface area contributed by atoms with E-state index < -0.39 is 0 Å². The minimum absolute atomic E-state index is 0.152. The fraction of sp³-hybridized carbons (Fsp3) is 0.0909. The van der Waals surface area contributed by atoms with E-state index in [1.807, 2.05) is 66.7 Å². The van der Waals surface area contributed by atoms with Crippen molar-refractivity contribution in [3.63, 3.8) is 0 Å². The van der Waals surface area contributed by atoms with Gasteiger partial charge >= 0.3 is 0 Å². The predicted molar refractivity (Wildman–Crippen MR) is 107 cm³/mol. The largest absolute Gasteiger partial charge is 0.351 e. The number of carbonyl (C=O) groups excluding carboxylic acids is 2. The van der Waals surface area contributed by atoms with Gasteiger partial charge in [-0.2, -0.15) is 0 Å². The second-order valence-electron chi connectivity index (χ2n) is 6.34. The number of benzene rings is 3. The number of aromatic amines is 1. The summed E-state index contributed by atoms with van der Waals surface area (Å²) >= 11 is 0. The minimum atomic E-state index is -0.189. The molecule has 1 heterocycles. The Kier molecular flexibility index (Phi) is 4.58. The van der Waals surface area contributed by atoms with Gasteiger partial charge in [-0.3, -0.25) is 9.59 Å². The van der Waals surface area contributed by atoms with Gasteiger partial charge in [-0.1, -0.05) is 48.5 Å². The summed E-state index contributed by atoms with van der Waals surface area (Å²) in [5.41, 5.74) is 2.04. The molecule has 0 fully saturated rings. The zero-order valence-corrected chi connectivity index (χ0v) is 14.7. The van der Waals surface area contributed by atoms with Crippen LogP contribution in [-0.4, -0.2) is 29.9 Å². The highest BCUT2D eigenvalue weighted by atomic mass is 16.2. The molecule has 4 rings (SSSR count). The standard InChI is InChI=1S/C22H19N3O2/c26-21(18-10-9-15-5-1-2-6-16(15)13-18)23-11-12-24-22(27)20-14-17-7-3-4-8-19(17)25-20/h1-10,13-14,25H,11-12H2,(H,23,26)(H,24,27). The summed E-state index contributed by atoms with van der Waals surface area (Å²) in [4.78, 5) is 27.6. The molecule has 5 nitrogen and oxygen atoms in total. The van der Waals surface area contributed by atoms with Gasteiger partial charge in [0.25, 0.3) is 11.8 Å². The molecule has 134 valence electrons. The quantitative estimate of drug-likeness (QED) is 0.479. The zero-order valence-electron chi connectivity index (χ0n) is 14.7. The lowest BCUT2D eigenvalue weighted by atomic mass is 10.1. The number of aromatic nitrogens is 1. The Morgan fingerprint density at radius 3 is 2.15 bits per heavy atom. The Morgan fingerprint density at radius 1 is 0.704 bits per heavy atom. The van der Waals surface area contributed by atoms with Gasteiger partial charge in [0.1, 0.15) is 5.69 Å². The maximum Gasteiger partial charge on any atom is 0.267 e. The highest BCUT2D eigenvalue weighted by Gasteiger charge is 2.09. The van der Waals surface area contributed by atoms with Crippen molar-refractivity contribution in [1.29, 1.82) is 0 Å². The second kappa shape index (κ2) is 7.33. The van der Waals surface area contributed by atoms with E-state index in [4.69, 9.17) is 0 Å². The van der Waals surface area contributed by atoms with Crippen LogP contribution in [0, 0.1) is 0 Å². The molecule has 2 amide bonds. The third-order valence-electron chi connectivity index (χ3n) is 4.48. The molecule has 0 spiro atoms. The Morgan fingerprint density at radius 2 is 1.37 bits per heavy atom. The summed E-state index contributed by atoms with van der Waals surface area (Å²) < 4.78 is 0. The highest BCUT2D eigenvalue weighted by Crippen LogP contribution is 2.16. The van der Waals surface area contributed by atoms with Crippen LogP contribution >= 0.6 is 0 Å². The van der Waals surface area contributed by atoms with Crippen molar-refractivity contribution in [2.24, 2.45) is 0 Å². The van der Waals surface area contributed by atoms with Crippen molar-refractivity contribution < 1.29 is 9.59 Å². The first-order valence-electron chi connectivity index (χ1n) is 8.84. The van der Waals surface area contributed by atoms with Gasteiger partial charge in [-0.05, 0) is 35.0 Å². The minimum Gasteiger partial charge on any atom is -0.351 e. The van der Waals surface area contributed by atoms with Crippen LogP contribution in [0.4, 0.5) is 0 Å². The maximum atomic E-state index is 12.3. The van der Waals surface area contributed by atoms with Gasteiger partial charge < -0.3 is 15.6 Å². The summed E-state index contributed by atoms with van der Waals surface area (Å²) in [6, 6.07) is 23.1. The van der Waals surface area contributed by atoms with E-state index >= 15 is 0 Å². The van der Waals surface area contributed by atoms with Gasteiger partial charge in [0.2, 0.25) is 0 Å². The Balaban J connectivity index is 1.31. The number of H-pyrrole nitrogens is 1. The molecule has 3 aromatic carbocycles. The summed E-state index contributed by atoms with van der Waals surface area (Å²) in [5.74, 6) is -0.341. The normalized spacial score (nSPS) is 10.8. The van der Waals surface area contributed by atoms with E-state index in [1.54, 1.807) is 6.07 Å². The Hall–Kier alpha value is -3.60. The van der Waals surface area contributed by atoms with Crippen molar-refractivity contribution in [2.45, 2.75) is 0 Å². The molecule has 3 N–H and O–H groups in total. The fourth-order valence-corrected chi connectivity index (χ4v) is 3.08. The first-order chi connectivity index (χ1) is 13.2. The lowest BCUT2D eigenvalue weighted by Crippen LogP contribution is -2.34. The average Bonchev–Trinajstić information content (AvgIpc) is 3.15. The topological polar surface area (TPSA) is 74.0 Å². The first kappa shape index (κ1) is 16.8. The number of nitrogens with one attached hydrogen (secondary N) is 3. The van der Waals surface area contributed by atoms with E-state index in [2.05, 4.69) is 15.6 Å². The van der Waals surface area contributed by atoms with E-state index in [0.717, 1.165) is 21.7 Å². The van der Waals surface area contributed by atoms with E-state index in [-0.39, 0.29) is 11.8 Å². The van der Waals surface area contributed by atoms with Crippen molar-refractivity contribution in [3.8, 4) is 0 Å².